The molecule has 96 valence electrons. The smallest absolute Gasteiger partial charge is 0.548 e. The van der Waals surface area contributed by atoms with Crippen LogP contribution in [0.2, 0.25) is 0 Å². The van der Waals surface area contributed by atoms with Crippen LogP contribution in [-0.2, 0) is 9.59 Å². The van der Waals surface area contributed by atoms with Gasteiger partial charge < -0.3 is 31.3 Å². The summed E-state index contributed by atoms with van der Waals surface area (Å²) in [6.07, 6.45) is 0. The molecule has 0 amide bonds. The van der Waals surface area contributed by atoms with Gasteiger partial charge in [0, 0.05) is 12.1 Å². The summed E-state index contributed by atoms with van der Waals surface area (Å²) in [4.78, 5) is 19.8. The van der Waals surface area contributed by atoms with Crippen molar-refractivity contribution in [1.82, 2.24) is 0 Å². The van der Waals surface area contributed by atoms with Gasteiger partial charge in [0.25, 0.3) is 0 Å². The first-order valence-electron chi connectivity index (χ1n) is 5.04. The van der Waals surface area contributed by atoms with Crippen LogP contribution in [0.15, 0.2) is 0 Å². The number of rotatable bonds is 4. The third kappa shape index (κ3) is 11.9. The maximum atomic E-state index is 9.90. The Bertz CT molecular complexity index is 210. The largest absolute Gasteiger partial charge is 2.00 e. The summed E-state index contributed by atoms with van der Waals surface area (Å²) >= 11 is 0. The summed E-state index contributed by atoms with van der Waals surface area (Å²) < 4.78 is 0. The normalized spacial score (nSPS) is 13.2. The number of carboxylic acids is 2. The van der Waals surface area contributed by atoms with Gasteiger partial charge in [-0.3, -0.25) is 0 Å². The minimum absolute atomic E-state index is 0. The van der Waals surface area contributed by atoms with Gasteiger partial charge in [0.2, 0.25) is 0 Å². The van der Waals surface area contributed by atoms with Crippen molar-refractivity contribution in [2.45, 2.75) is 39.8 Å². The van der Waals surface area contributed by atoms with Crippen molar-refractivity contribution in [1.29, 1.82) is 0 Å². The average molecular weight is 257 g/mol. The first-order chi connectivity index (χ1) is 7.11. The van der Waals surface area contributed by atoms with Crippen molar-refractivity contribution >= 4 is 35.0 Å². The van der Waals surface area contributed by atoms with Crippen molar-refractivity contribution in [2.24, 2.45) is 23.3 Å². The van der Waals surface area contributed by atoms with Gasteiger partial charge in [-0.2, -0.15) is 0 Å². The van der Waals surface area contributed by atoms with Crippen LogP contribution in [0.4, 0.5) is 0 Å². The Labute approximate surface area is 118 Å². The number of hydrogen-bond donors (Lipinski definition) is 2. The maximum Gasteiger partial charge on any atom is 2.00 e. The molecule has 0 rings (SSSR count). The Balaban J connectivity index is -0.000000218. The minimum atomic E-state index is -1.18. The van der Waals surface area contributed by atoms with Crippen LogP contribution in [0.5, 0.6) is 0 Å². The molecule has 0 saturated carbocycles. The van der Waals surface area contributed by atoms with E-state index in [2.05, 4.69) is 0 Å². The quantitative estimate of drug-likeness (QED) is 0.517. The number of nitrogens with two attached hydrogens (primary N) is 2. The van der Waals surface area contributed by atoms with Crippen molar-refractivity contribution in [2.75, 3.05) is 0 Å². The zero-order chi connectivity index (χ0) is 13.5. The van der Waals surface area contributed by atoms with Crippen molar-refractivity contribution in [3.63, 3.8) is 0 Å². The molecule has 7 heteroatoms. The molecule has 0 fully saturated rings. The summed E-state index contributed by atoms with van der Waals surface area (Å²) in [5.74, 6) is -2.44. The van der Waals surface area contributed by atoms with E-state index >= 15 is 0 Å². The fourth-order valence-electron chi connectivity index (χ4n) is 0.544. The van der Waals surface area contributed by atoms with Crippen molar-refractivity contribution in [3.05, 3.63) is 0 Å². The number of hydrogen-bond acceptors (Lipinski definition) is 6. The Kier molecular flexibility index (Phi) is 13.8. The van der Waals surface area contributed by atoms with Crippen LogP contribution < -0.4 is 21.7 Å². The monoisotopic (exact) mass is 256 g/mol. The number of carbonyl (C=O) groups is 2. The fraction of sp³-hybridized carbons (Fsp3) is 0.800. The summed E-state index contributed by atoms with van der Waals surface area (Å²) in [6.45, 7) is 6.95. The average Bonchev–Trinajstić information content (AvgIpc) is 2.15. The van der Waals surface area contributed by atoms with Crippen molar-refractivity contribution in [3.8, 4) is 0 Å². The van der Waals surface area contributed by atoms with Gasteiger partial charge in [-0.1, -0.05) is 27.7 Å². The molecule has 0 saturated heterocycles. The van der Waals surface area contributed by atoms with E-state index < -0.39 is 24.0 Å². The standard InChI is InChI=1S/2C5H11NO2.Mg/c2*1-3(2)4(6)5(7)8;/h2*3-4H,6H2,1-2H3,(H,7,8);/q;;+2/p-2/t2*4-;/m00./s1. The molecule has 17 heavy (non-hydrogen) atoms. The van der Waals surface area contributed by atoms with E-state index in [1.54, 1.807) is 27.7 Å². The van der Waals surface area contributed by atoms with E-state index in [1.165, 1.54) is 0 Å². The number of carboxylic acid groups (broad SMARTS) is 2. The van der Waals surface area contributed by atoms with E-state index in [-0.39, 0.29) is 34.9 Å². The Morgan fingerprint density at radius 2 is 1.00 bits per heavy atom. The molecule has 0 bridgehead atoms. The molecule has 6 nitrogen and oxygen atoms in total. The fourth-order valence-corrected chi connectivity index (χ4v) is 0.544. The van der Waals surface area contributed by atoms with E-state index in [4.69, 9.17) is 11.5 Å². The molecular weight excluding hydrogens is 236 g/mol. The molecule has 0 aliphatic rings. The first-order valence-corrected chi connectivity index (χ1v) is 5.04. The third-order valence-corrected chi connectivity index (χ3v) is 1.98. The van der Waals surface area contributed by atoms with E-state index in [0.29, 0.717) is 0 Å². The molecule has 0 spiro atoms. The van der Waals surface area contributed by atoms with Gasteiger partial charge in [-0.15, -0.1) is 0 Å². The van der Waals surface area contributed by atoms with Crippen LogP contribution in [0.3, 0.4) is 0 Å². The molecule has 0 radical (unpaired) electrons. The molecule has 0 heterocycles. The molecular formula is C10H20MgN2O4. The second-order valence-electron chi connectivity index (χ2n) is 4.18. The van der Waals surface area contributed by atoms with Gasteiger partial charge >= 0.3 is 23.1 Å². The predicted octanol–water partition coefficient (Wildman–Crippen LogP) is -2.94. The van der Waals surface area contributed by atoms with Gasteiger partial charge in [0.1, 0.15) is 0 Å². The second-order valence-corrected chi connectivity index (χ2v) is 4.18. The van der Waals surface area contributed by atoms with Crippen LogP contribution >= 0.6 is 0 Å². The van der Waals surface area contributed by atoms with Gasteiger partial charge in [-0.25, -0.2) is 0 Å². The maximum absolute atomic E-state index is 9.90. The third-order valence-electron chi connectivity index (χ3n) is 1.98. The molecule has 0 unspecified atom stereocenters. The summed E-state index contributed by atoms with van der Waals surface area (Å²) in [6, 6.07) is -1.65. The molecule has 4 N–H and O–H groups in total. The topological polar surface area (TPSA) is 132 Å². The van der Waals surface area contributed by atoms with Crippen LogP contribution in [0.1, 0.15) is 27.7 Å². The number of carbonyl (C=O) groups excluding carboxylic acids is 2. The SMILES string of the molecule is CC(C)[C@H](N)C(=O)[O-].CC(C)[C@H](N)C(=O)[O-].[Mg+2]. The van der Waals surface area contributed by atoms with Gasteiger partial charge in [-0.05, 0) is 11.8 Å². The molecule has 2 atom stereocenters. The Hall–Kier alpha value is -0.374. The summed E-state index contributed by atoms with van der Waals surface area (Å²) in [5.41, 5.74) is 10.2. The molecule has 0 aromatic carbocycles. The van der Waals surface area contributed by atoms with Gasteiger partial charge in [0.05, 0.1) is 11.9 Å². The molecule has 0 aromatic heterocycles. The van der Waals surface area contributed by atoms with E-state index in [1.807, 2.05) is 0 Å². The van der Waals surface area contributed by atoms with Gasteiger partial charge in [0.15, 0.2) is 0 Å². The number of aliphatic carboxylic acids is 2. The minimum Gasteiger partial charge on any atom is -0.548 e. The van der Waals surface area contributed by atoms with Crippen molar-refractivity contribution < 1.29 is 19.8 Å². The zero-order valence-electron chi connectivity index (χ0n) is 10.8. The van der Waals surface area contributed by atoms with Crippen LogP contribution in [0.25, 0.3) is 0 Å². The Morgan fingerprint density at radius 3 is 1.00 bits per heavy atom. The Morgan fingerprint density at radius 1 is 0.824 bits per heavy atom. The molecule has 0 aliphatic carbocycles. The molecule has 0 aliphatic heterocycles. The van der Waals surface area contributed by atoms with Crippen LogP contribution in [0, 0.1) is 11.8 Å². The summed E-state index contributed by atoms with van der Waals surface area (Å²) in [7, 11) is 0. The predicted molar refractivity (Wildman–Crippen MR) is 61.4 cm³/mol. The van der Waals surface area contributed by atoms with E-state index in [0.717, 1.165) is 0 Å². The van der Waals surface area contributed by atoms with E-state index in [9.17, 15) is 19.8 Å². The molecule has 0 aromatic rings. The van der Waals surface area contributed by atoms with Crippen LogP contribution in [-0.4, -0.2) is 47.1 Å². The summed E-state index contributed by atoms with van der Waals surface area (Å²) in [5, 5.41) is 19.8. The first kappa shape index (κ1) is 21.9. The second kappa shape index (κ2) is 10.8. The zero-order valence-corrected chi connectivity index (χ0v) is 12.2.